The molecule has 0 unspecified atom stereocenters. The van der Waals surface area contributed by atoms with E-state index in [0.717, 1.165) is 31.5 Å². The highest BCUT2D eigenvalue weighted by Gasteiger charge is 2.59. The van der Waals surface area contributed by atoms with Crippen LogP contribution in [0.5, 0.6) is 0 Å². The van der Waals surface area contributed by atoms with Crippen LogP contribution in [0.25, 0.3) is 0 Å². The summed E-state index contributed by atoms with van der Waals surface area (Å²) in [6.07, 6.45) is 2.30. The summed E-state index contributed by atoms with van der Waals surface area (Å²) in [6.45, 7) is 9.53. The summed E-state index contributed by atoms with van der Waals surface area (Å²) in [7, 11) is -3.96. The average molecular weight is 560 g/mol. The van der Waals surface area contributed by atoms with Gasteiger partial charge in [-0.1, -0.05) is 93.6 Å². The van der Waals surface area contributed by atoms with Gasteiger partial charge in [-0.2, -0.15) is 8.42 Å². The molecular formula is C34H41NO4S. The van der Waals surface area contributed by atoms with Crippen molar-refractivity contribution in [2.24, 2.45) is 5.92 Å². The van der Waals surface area contributed by atoms with Crippen LogP contribution in [0.4, 0.5) is 0 Å². The minimum atomic E-state index is -3.96. The van der Waals surface area contributed by atoms with E-state index in [1.165, 1.54) is 11.1 Å². The molecule has 40 heavy (non-hydrogen) atoms. The van der Waals surface area contributed by atoms with Gasteiger partial charge in [-0.3, -0.25) is 9.08 Å². The van der Waals surface area contributed by atoms with Crippen LogP contribution in [0, 0.1) is 5.92 Å². The first kappa shape index (κ1) is 27.6. The van der Waals surface area contributed by atoms with E-state index in [4.69, 9.17) is 8.92 Å². The molecular weight excluding hydrogens is 518 g/mol. The number of fused-ring (bicyclic) bond motifs is 3. The Balaban J connectivity index is 1.42. The molecule has 5 nitrogen and oxygen atoms in total. The van der Waals surface area contributed by atoms with Gasteiger partial charge < -0.3 is 4.74 Å². The van der Waals surface area contributed by atoms with E-state index < -0.39 is 16.2 Å². The fourth-order valence-corrected chi connectivity index (χ4v) is 8.70. The zero-order chi connectivity index (χ0) is 28.0. The van der Waals surface area contributed by atoms with Gasteiger partial charge in [0.1, 0.15) is 0 Å². The first-order valence-corrected chi connectivity index (χ1v) is 16.0. The molecule has 0 N–H and O–H groups in total. The van der Waals surface area contributed by atoms with E-state index in [-0.39, 0.29) is 33.6 Å². The molecule has 6 heteroatoms. The van der Waals surface area contributed by atoms with E-state index >= 15 is 0 Å². The Labute approximate surface area is 239 Å². The largest absolute Gasteiger partial charge is 0.379 e. The van der Waals surface area contributed by atoms with Gasteiger partial charge in [0, 0.05) is 24.5 Å². The lowest BCUT2D eigenvalue weighted by atomic mass is 9.51. The van der Waals surface area contributed by atoms with Crippen LogP contribution in [0.1, 0.15) is 68.6 Å². The number of hydrogen-bond donors (Lipinski definition) is 0. The molecule has 0 amide bonds. The van der Waals surface area contributed by atoms with Gasteiger partial charge in [0.15, 0.2) is 0 Å². The minimum Gasteiger partial charge on any atom is -0.379 e. The van der Waals surface area contributed by atoms with Crippen LogP contribution in [-0.4, -0.2) is 51.3 Å². The van der Waals surface area contributed by atoms with Gasteiger partial charge in [-0.15, -0.1) is 0 Å². The maximum absolute atomic E-state index is 13.8. The molecule has 4 fully saturated rings. The first-order valence-electron chi connectivity index (χ1n) is 14.6. The summed E-state index contributed by atoms with van der Waals surface area (Å²) in [5, 5.41) is 0. The van der Waals surface area contributed by atoms with Gasteiger partial charge in [0.05, 0.1) is 24.2 Å². The fraction of sp³-hybridized carbons (Fsp3) is 0.471. The zero-order valence-electron chi connectivity index (χ0n) is 23.8. The summed E-state index contributed by atoms with van der Waals surface area (Å²) in [4.78, 5) is 2.81. The number of morpholine rings is 1. The number of ether oxygens (including phenoxy) is 1. The predicted octanol–water partition coefficient (Wildman–Crippen LogP) is 6.51. The lowest BCUT2D eigenvalue weighted by Crippen LogP contribution is -2.64. The molecule has 212 valence electrons. The molecule has 0 radical (unpaired) electrons. The van der Waals surface area contributed by atoms with Gasteiger partial charge in [0.2, 0.25) is 0 Å². The number of nitrogens with zero attached hydrogens (tertiary/aromatic N) is 1. The third-order valence-electron chi connectivity index (χ3n) is 9.54. The van der Waals surface area contributed by atoms with E-state index in [1.807, 2.05) is 12.1 Å². The summed E-state index contributed by atoms with van der Waals surface area (Å²) in [5.74, 6) is 0.441. The molecule has 4 aliphatic rings. The monoisotopic (exact) mass is 559 g/mol. The van der Waals surface area contributed by atoms with Crippen molar-refractivity contribution < 1.29 is 17.3 Å². The number of rotatable bonds is 6. The Bertz CT molecular complexity index is 1340. The SMILES string of the molecule is CC(C)(C)c1ccc(S(=O)(=O)O[C@@H]2CC3(N4CCOCC4)C[C@@H](c4ccccc4)C2[C@H](c2ccccc2)C3)cc1. The van der Waals surface area contributed by atoms with Gasteiger partial charge in [-0.25, -0.2) is 0 Å². The molecule has 3 aliphatic carbocycles. The summed E-state index contributed by atoms with van der Waals surface area (Å²) < 4.78 is 39.8. The second-order valence-electron chi connectivity index (χ2n) is 12.9. The topological polar surface area (TPSA) is 55.8 Å². The Kier molecular flexibility index (Phi) is 7.41. The van der Waals surface area contributed by atoms with Crippen LogP contribution in [0.15, 0.2) is 89.8 Å². The maximum Gasteiger partial charge on any atom is 0.297 e. The molecule has 1 heterocycles. The Morgan fingerprint density at radius 1 is 0.775 bits per heavy atom. The van der Waals surface area contributed by atoms with Crippen LogP contribution >= 0.6 is 0 Å². The Morgan fingerprint density at radius 3 is 1.80 bits per heavy atom. The van der Waals surface area contributed by atoms with Crippen molar-refractivity contribution in [3.05, 3.63) is 102 Å². The van der Waals surface area contributed by atoms with Crippen LogP contribution in [0.3, 0.4) is 0 Å². The third kappa shape index (κ3) is 5.27. The molecule has 3 atom stereocenters. The van der Waals surface area contributed by atoms with Crippen molar-refractivity contribution in [2.45, 2.75) is 73.8 Å². The van der Waals surface area contributed by atoms with E-state index in [2.05, 4.69) is 86.3 Å². The molecule has 0 aromatic heterocycles. The van der Waals surface area contributed by atoms with Crippen molar-refractivity contribution in [2.75, 3.05) is 26.3 Å². The minimum absolute atomic E-state index is 0.0522. The molecule has 3 aromatic rings. The second-order valence-corrected chi connectivity index (χ2v) is 14.5. The fourth-order valence-electron chi connectivity index (χ4n) is 7.59. The molecule has 7 rings (SSSR count). The normalized spacial score (nSPS) is 29.4. The molecule has 3 aromatic carbocycles. The van der Waals surface area contributed by atoms with E-state index in [0.29, 0.717) is 19.6 Å². The smallest absolute Gasteiger partial charge is 0.297 e. The van der Waals surface area contributed by atoms with Crippen LogP contribution < -0.4 is 0 Å². The lowest BCUT2D eigenvalue weighted by Gasteiger charge is -2.62. The maximum atomic E-state index is 13.8. The Morgan fingerprint density at radius 2 is 1.30 bits per heavy atom. The lowest BCUT2D eigenvalue weighted by molar-refractivity contribution is -0.118. The standard InChI is InChI=1S/C34H41NO4S/c1-33(2,3)27-14-16-28(17-15-27)40(36,37)39-31-24-34(35-18-20-38-21-19-35)22-29(25-10-6-4-7-11-25)32(31)30(23-34)26-12-8-5-9-13-26/h4-17,29-32H,18-24H2,1-3H3/t29-,30-,31+,32?,34?/m0/s1. The molecule has 3 saturated carbocycles. The van der Waals surface area contributed by atoms with Crippen molar-refractivity contribution in [3.8, 4) is 0 Å². The molecule has 2 bridgehead atoms. The summed E-state index contributed by atoms with van der Waals surface area (Å²) in [5.41, 5.74) is 3.43. The predicted molar refractivity (Wildman–Crippen MR) is 158 cm³/mol. The quantitative estimate of drug-likeness (QED) is 0.322. The third-order valence-corrected chi connectivity index (χ3v) is 10.9. The summed E-state index contributed by atoms with van der Waals surface area (Å²) in [6, 6.07) is 28.6. The highest BCUT2D eigenvalue weighted by atomic mass is 32.2. The highest BCUT2D eigenvalue weighted by molar-refractivity contribution is 7.86. The van der Waals surface area contributed by atoms with Crippen LogP contribution in [-0.2, 0) is 24.5 Å². The Hall–Kier alpha value is -2.51. The van der Waals surface area contributed by atoms with Gasteiger partial charge >= 0.3 is 0 Å². The van der Waals surface area contributed by atoms with Gasteiger partial charge in [-0.05, 0) is 65.3 Å². The first-order chi connectivity index (χ1) is 19.2. The van der Waals surface area contributed by atoms with Crippen molar-refractivity contribution >= 4 is 10.1 Å². The van der Waals surface area contributed by atoms with Gasteiger partial charge in [0.25, 0.3) is 10.1 Å². The van der Waals surface area contributed by atoms with E-state index in [1.54, 1.807) is 12.1 Å². The van der Waals surface area contributed by atoms with Crippen LogP contribution in [0.2, 0.25) is 0 Å². The average Bonchev–Trinajstić information content (AvgIpc) is 2.98. The second kappa shape index (κ2) is 10.7. The van der Waals surface area contributed by atoms with Crippen molar-refractivity contribution in [1.82, 2.24) is 4.90 Å². The van der Waals surface area contributed by atoms with Crippen molar-refractivity contribution in [3.63, 3.8) is 0 Å². The zero-order valence-corrected chi connectivity index (χ0v) is 24.6. The molecule has 1 saturated heterocycles. The number of benzene rings is 3. The van der Waals surface area contributed by atoms with E-state index in [9.17, 15) is 8.42 Å². The summed E-state index contributed by atoms with van der Waals surface area (Å²) >= 11 is 0. The number of hydrogen-bond acceptors (Lipinski definition) is 5. The van der Waals surface area contributed by atoms with Crippen molar-refractivity contribution in [1.29, 1.82) is 0 Å². The molecule has 0 spiro atoms. The molecule has 1 aliphatic heterocycles. The highest BCUT2D eigenvalue weighted by Crippen LogP contribution is 2.61.